The third kappa shape index (κ3) is 4.17. The van der Waals surface area contributed by atoms with Gasteiger partial charge in [-0.25, -0.2) is 4.98 Å². The van der Waals surface area contributed by atoms with Gasteiger partial charge in [-0.15, -0.1) is 11.3 Å². The Morgan fingerprint density at radius 3 is 2.93 bits per heavy atom. The van der Waals surface area contributed by atoms with Gasteiger partial charge in [0, 0.05) is 18.5 Å². The van der Waals surface area contributed by atoms with Crippen molar-refractivity contribution in [1.82, 2.24) is 14.5 Å². The molecule has 0 bridgehead atoms. The quantitative estimate of drug-likeness (QED) is 0.406. The molecule has 1 aliphatic rings. The van der Waals surface area contributed by atoms with Crippen molar-refractivity contribution in [3.05, 3.63) is 57.0 Å². The normalized spacial score (nSPS) is 17.5. The number of hydrogen-bond donors (Lipinski definition) is 0. The summed E-state index contributed by atoms with van der Waals surface area (Å²) < 4.78 is 6.93. The van der Waals surface area contributed by atoms with Crippen molar-refractivity contribution in [2.24, 2.45) is 0 Å². The topological polar surface area (TPSA) is 64.4 Å². The number of thioether (sulfide) groups is 1. The molecule has 6 nitrogen and oxygen atoms in total. The second-order valence-corrected chi connectivity index (χ2v) is 9.36. The molecule has 1 aliphatic heterocycles. The predicted octanol–water partition coefficient (Wildman–Crippen LogP) is 4.12. The van der Waals surface area contributed by atoms with Crippen LogP contribution in [-0.4, -0.2) is 46.4 Å². The van der Waals surface area contributed by atoms with E-state index in [9.17, 15) is 9.59 Å². The molecule has 0 N–H and O–H groups in total. The number of ether oxygens (including phenoxy) is 1. The number of benzene rings is 1. The number of nitrogens with zero attached hydrogens (tertiary/aromatic N) is 3. The number of aromatic nitrogens is 2. The molecule has 4 rings (SSSR count). The van der Waals surface area contributed by atoms with Crippen molar-refractivity contribution >= 4 is 39.9 Å². The van der Waals surface area contributed by atoms with Crippen LogP contribution in [0.25, 0.3) is 10.9 Å². The summed E-state index contributed by atoms with van der Waals surface area (Å²) in [5, 5.41) is 3.19. The van der Waals surface area contributed by atoms with Gasteiger partial charge >= 0.3 is 0 Å². The Hall–Kier alpha value is -2.16. The van der Waals surface area contributed by atoms with Crippen molar-refractivity contribution in [3.8, 4) is 0 Å². The molecule has 1 saturated heterocycles. The number of carbonyl (C=O) groups excluding carboxylic acids is 1. The van der Waals surface area contributed by atoms with E-state index in [0.717, 1.165) is 19.4 Å². The molecule has 2 unspecified atom stereocenters. The molecule has 3 heterocycles. The van der Waals surface area contributed by atoms with E-state index in [2.05, 4.69) is 11.4 Å². The Kier molecular flexibility index (Phi) is 6.55. The molecule has 158 valence electrons. The van der Waals surface area contributed by atoms with Gasteiger partial charge < -0.3 is 9.64 Å². The standard InChI is InChI=1S/C22H25N3O3S2/c1-15(13-28-2)25-21(27)16-7-3-4-8-17(16)23-22(25)30-14-20(26)24-11-5-9-18(24)19-10-6-12-29-19/h3-4,6-8,10,12,15,18H,5,9,11,13-14H2,1-2H3. The predicted molar refractivity (Wildman–Crippen MR) is 121 cm³/mol. The summed E-state index contributed by atoms with van der Waals surface area (Å²) in [5.41, 5.74) is 0.550. The van der Waals surface area contributed by atoms with Crippen LogP contribution in [0.2, 0.25) is 0 Å². The SMILES string of the molecule is COCC(C)n1c(SCC(=O)N2CCCC2c2cccs2)nc2ccccc2c1=O. The van der Waals surface area contributed by atoms with E-state index >= 15 is 0 Å². The minimum absolute atomic E-state index is 0.0873. The van der Waals surface area contributed by atoms with E-state index in [4.69, 9.17) is 9.72 Å². The van der Waals surface area contributed by atoms with Crippen molar-refractivity contribution in [3.63, 3.8) is 0 Å². The fourth-order valence-corrected chi connectivity index (χ4v) is 5.84. The van der Waals surface area contributed by atoms with E-state index in [0.29, 0.717) is 22.7 Å². The molecule has 3 aromatic rings. The molecule has 0 spiro atoms. The summed E-state index contributed by atoms with van der Waals surface area (Å²) in [7, 11) is 1.62. The van der Waals surface area contributed by atoms with Gasteiger partial charge in [0.2, 0.25) is 5.91 Å². The molecule has 0 aliphatic carbocycles. The second-order valence-electron chi connectivity index (χ2n) is 7.44. The number of rotatable bonds is 7. The highest BCUT2D eigenvalue weighted by Crippen LogP contribution is 2.35. The molecule has 1 amide bonds. The van der Waals surface area contributed by atoms with E-state index in [1.54, 1.807) is 29.1 Å². The summed E-state index contributed by atoms with van der Waals surface area (Å²) >= 11 is 3.03. The smallest absolute Gasteiger partial charge is 0.262 e. The van der Waals surface area contributed by atoms with E-state index in [1.807, 2.05) is 36.1 Å². The highest BCUT2D eigenvalue weighted by Gasteiger charge is 2.30. The fraction of sp³-hybridized carbons (Fsp3) is 0.409. The molecule has 8 heteroatoms. The van der Waals surface area contributed by atoms with Gasteiger partial charge in [-0.2, -0.15) is 0 Å². The Bertz CT molecular complexity index is 1080. The summed E-state index contributed by atoms with van der Waals surface area (Å²) in [6.45, 7) is 3.11. The van der Waals surface area contributed by atoms with Crippen LogP contribution in [0.15, 0.2) is 51.7 Å². The third-order valence-electron chi connectivity index (χ3n) is 5.39. The third-order valence-corrected chi connectivity index (χ3v) is 7.30. The first kappa shape index (κ1) is 21.1. The maximum absolute atomic E-state index is 13.1. The van der Waals surface area contributed by atoms with Crippen LogP contribution >= 0.6 is 23.1 Å². The largest absolute Gasteiger partial charge is 0.383 e. The lowest BCUT2D eigenvalue weighted by atomic mass is 10.2. The maximum atomic E-state index is 13.1. The zero-order chi connectivity index (χ0) is 21.1. The number of amides is 1. The average molecular weight is 444 g/mol. The lowest BCUT2D eigenvalue weighted by Gasteiger charge is -2.24. The zero-order valence-corrected chi connectivity index (χ0v) is 18.7. The summed E-state index contributed by atoms with van der Waals surface area (Å²) in [5.74, 6) is 0.344. The van der Waals surface area contributed by atoms with Crippen LogP contribution in [0.1, 0.15) is 36.7 Å². The Labute approximate surface area is 183 Å². The molecule has 30 heavy (non-hydrogen) atoms. The summed E-state index contributed by atoms with van der Waals surface area (Å²) in [6.07, 6.45) is 2.02. The average Bonchev–Trinajstić information content (AvgIpc) is 3.43. The number of para-hydroxylation sites is 1. The van der Waals surface area contributed by atoms with Gasteiger partial charge in [0.1, 0.15) is 0 Å². The Morgan fingerprint density at radius 1 is 1.33 bits per heavy atom. The molecule has 1 fully saturated rings. The monoisotopic (exact) mass is 443 g/mol. The first-order valence-electron chi connectivity index (χ1n) is 10.1. The van der Waals surface area contributed by atoms with E-state index in [-0.39, 0.29) is 29.3 Å². The molecule has 1 aromatic carbocycles. The van der Waals surface area contributed by atoms with Crippen LogP contribution in [-0.2, 0) is 9.53 Å². The van der Waals surface area contributed by atoms with E-state index in [1.165, 1.54) is 16.6 Å². The molecular weight excluding hydrogens is 418 g/mol. The summed E-state index contributed by atoms with van der Waals surface area (Å²) in [6, 6.07) is 11.4. The van der Waals surface area contributed by atoms with E-state index < -0.39 is 0 Å². The number of methoxy groups -OCH3 is 1. The van der Waals surface area contributed by atoms with Gasteiger partial charge in [0.25, 0.3) is 5.56 Å². The fourth-order valence-electron chi connectivity index (χ4n) is 3.98. The summed E-state index contributed by atoms with van der Waals surface area (Å²) in [4.78, 5) is 34.1. The first-order valence-corrected chi connectivity index (χ1v) is 11.9. The van der Waals surface area contributed by atoms with Gasteiger partial charge in [-0.3, -0.25) is 14.2 Å². The highest BCUT2D eigenvalue weighted by molar-refractivity contribution is 7.99. The van der Waals surface area contributed by atoms with Crippen LogP contribution in [0.4, 0.5) is 0 Å². The number of likely N-dealkylation sites (tertiary alicyclic amines) is 1. The maximum Gasteiger partial charge on any atom is 0.262 e. The van der Waals surface area contributed by atoms with Gasteiger partial charge in [0.05, 0.1) is 35.3 Å². The molecule has 0 saturated carbocycles. The molecular formula is C22H25N3O3S2. The molecule has 2 aromatic heterocycles. The van der Waals surface area contributed by atoms with Crippen LogP contribution in [0.3, 0.4) is 0 Å². The van der Waals surface area contributed by atoms with Gasteiger partial charge in [0.15, 0.2) is 5.16 Å². The van der Waals surface area contributed by atoms with Crippen molar-refractivity contribution in [1.29, 1.82) is 0 Å². The number of carbonyl (C=O) groups is 1. The minimum atomic E-state index is -0.178. The number of fused-ring (bicyclic) bond motifs is 1. The van der Waals surface area contributed by atoms with Crippen LogP contribution in [0, 0.1) is 0 Å². The number of hydrogen-bond acceptors (Lipinski definition) is 6. The second kappa shape index (κ2) is 9.32. The zero-order valence-electron chi connectivity index (χ0n) is 17.1. The number of thiophene rings is 1. The Morgan fingerprint density at radius 2 is 2.17 bits per heavy atom. The van der Waals surface area contributed by atoms with Gasteiger partial charge in [-0.05, 0) is 43.3 Å². The lowest BCUT2D eigenvalue weighted by molar-refractivity contribution is -0.129. The first-order chi connectivity index (χ1) is 14.6. The van der Waals surface area contributed by atoms with Crippen molar-refractivity contribution in [2.75, 3.05) is 26.0 Å². The van der Waals surface area contributed by atoms with Crippen molar-refractivity contribution < 1.29 is 9.53 Å². The Balaban J connectivity index is 1.59. The molecule has 2 atom stereocenters. The van der Waals surface area contributed by atoms with Gasteiger partial charge in [-0.1, -0.05) is 30.0 Å². The minimum Gasteiger partial charge on any atom is -0.383 e. The highest BCUT2D eigenvalue weighted by atomic mass is 32.2. The van der Waals surface area contributed by atoms with Crippen LogP contribution in [0.5, 0.6) is 0 Å². The van der Waals surface area contributed by atoms with Crippen molar-refractivity contribution in [2.45, 2.75) is 37.0 Å². The lowest BCUT2D eigenvalue weighted by Crippen LogP contribution is -2.32. The molecule has 0 radical (unpaired) electrons. The van der Waals surface area contributed by atoms with Crippen LogP contribution < -0.4 is 5.56 Å².